The highest BCUT2D eigenvalue weighted by molar-refractivity contribution is 7.99. The number of thioether (sulfide) groups is 1. The minimum absolute atomic E-state index is 0.340. The highest BCUT2D eigenvalue weighted by Crippen LogP contribution is 2.14. The normalized spacial score (nSPS) is 14.5. The summed E-state index contributed by atoms with van der Waals surface area (Å²) < 4.78 is 0. The molecule has 1 unspecified atom stereocenters. The van der Waals surface area contributed by atoms with E-state index in [1.807, 2.05) is 18.7 Å². The summed E-state index contributed by atoms with van der Waals surface area (Å²) >= 11 is 1.89. The van der Waals surface area contributed by atoms with E-state index in [0.717, 1.165) is 18.7 Å². The summed E-state index contributed by atoms with van der Waals surface area (Å²) in [6.45, 7) is 7.26. The van der Waals surface area contributed by atoms with E-state index in [2.05, 4.69) is 25.2 Å². The highest BCUT2D eigenvalue weighted by Gasteiger charge is 2.21. The molecular weight excluding hydrogens is 204 g/mol. The number of nitrogens with zero attached hydrogens (tertiary/aromatic N) is 1. The van der Waals surface area contributed by atoms with E-state index in [-0.39, 0.29) is 5.54 Å². The van der Waals surface area contributed by atoms with Gasteiger partial charge in [0.05, 0.1) is 6.07 Å². The molecule has 0 saturated carbocycles. The number of hydrogen-bond acceptors (Lipinski definition) is 3. The Balaban J connectivity index is 3.64. The first-order valence-corrected chi connectivity index (χ1v) is 7.08. The monoisotopic (exact) mass is 228 g/mol. The molecule has 3 heteroatoms. The zero-order valence-electron chi connectivity index (χ0n) is 10.3. The third-order valence-corrected chi connectivity index (χ3v) is 3.65. The summed E-state index contributed by atoms with van der Waals surface area (Å²) in [4.78, 5) is 0. The molecule has 0 aromatic carbocycles. The van der Waals surface area contributed by atoms with E-state index >= 15 is 0 Å². The van der Waals surface area contributed by atoms with Crippen LogP contribution in [0.15, 0.2) is 0 Å². The zero-order chi connectivity index (χ0) is 11.6. The molecule has 0 fully saturated rings. The molecule has 15 heavy (non-hydrogen) atoms. The predicted molar refractivity (Wildman–Crippen MR) is 69.2 cm³/mol. The lowest BCUT2D eigenvalue weighted by Gasteiger charge is -2.22. The topological polar surface area (TPSA) is 35.8 Å². The second-order valence-corrected chi connectivity index (χ2v) is 5.24. The minimum atomic E-state index is -0.340. The van der Waals surface area contributed by atoms with E-state index in [1.54, 1.807) is 0 Å². The Hall–Kier alpha value is -0.200. The van der Waals surface area contributed by atoms with Crippen LogP contribution >= 0.6 is 11.8 Å². The molecule has 0 aliphatic heterocycles. The van der Waals surface area contributed by atoms with Crippen LogP contribution in [0.5, 0.6) is 0 Å². The fourth-order valence-electron chi connectivity index (χ4n) is 1.25. The number of unbranched alkanes of at least 4 members (excludes halogenated alkanes) is 2. The van der Waals surface area contributed by atoms with Crippen LogP contribution in [-0.2, 0) is 0 Å². The fourth-order valence-corrected chi connectivity index (χ4v) is 2.38. The Morgan fingerprint density at radius 1 is 1.27 bits per heavy atom. The number of rotatable bonds is 9. The van der Waals surface area contributed by atoms with Gasteiger partial charge in [0.15, 0.2) is 0 Å². The summed E-state index contributed by atoms with van der Waals surface area (Å²) in [7, 11) is 0. The largest absolute Gasteiger partial charge is 0.299 e. The van der Waals surface area contributed by atoms with Gasteiger partial charge in [-0.2, -0.15) is 17.0 Å². The molecule has 0 amide bonds. The van der Waals surface area contributed by atoms with E-state index < -0.39 is 0 Å². The minimum Gasteiger partial charge on any atom is -0.299 e. The first-order chi connectivity index (χ1) is 7.18. The maximum absolute atomic E-state index is 9.09. The molecule has 0 heterocycles. The Bertz CT molecular complexity index is 189. The molecule has 2 nitrogen and oxygen atoms in total. The van der Waals surface area contributed by atoms with Gasteiger partial charge in [0.2, 0.25) is 0 Å². The smallest absolute Gasteiger partial charge is 0.113 e. The van der Waals surface area contributed by atoms with Gasteiger partial charge in [-0.25, -0.2) is 0 Å². The molecule has 0 aliphatic rings. The van der Waals surface area contributed by atoms with Gasteiger partial charge in [-0.1, -0.05) is 26.7 Å². The molecule has 0 radical (unpaired) electrons. The highest BCUT2D eigenvalue weighted by atomic mass is 32.2. The third-order valence-electron chi connectivity index (χ3n) is 2.29. The lowest BCUT2D eigenvalue weighted by atomic mass is 10.1. The molecule has 0 aromatic heterocycles. The van der Waals surface area contributed by atoms with Crippen LogP contribution in [0.4, 0.5) is 0 Å². The lowest BCUT2D eigenvalue weighted by molar-refractivity contribution is 0.493. The number of nitriles is 1. The Labute approximate surface area is 98.8 Å². The van der Waals surface area contributed by atoms with Crippen LogP contribution in [0.2, 0.25) is 0 Å². The molecule has 1 N–H and O–H groups in total. The van der Waals surface area contributed by atoms with Gasteiger partial charge in [-0.3, -0.25) is 5.32 Å². The zero-order valence-corrected chi connectivity index (χ0v) is 11.1. The second-order valence-electron chi connectivity index (χ2n) is 4.13. The Kier molecular flexibility index (Phi) is 8.94. The molecule has 0 aromatic rings. The van der Waals surface area contributed by atoms with Gasteiger partial charge in [0.1, 0.15) is 5.54 Å². The third kappa shape index (κ3) is 7.70. The van der Waals surface area contributed by atoms with Crippen molar-refractivity contribution in [1.29, 1.82) is 5.26 Å². The van der Waals surface area contributed by atoms with E-state index in [1.165, 1.54) is 25.0 Å². The molecule has 88 valence electrons. The van der Waals surface area contributed by atoms with Crippen molar-refractivity contribution < 1.29 is 0 Å². The SMILES string of the molecule is CCCCCSCC(C)(C#N)NCCC. The van der Waals surface area contributed by atoms with Crippen molar-refractivity contribution in [2.45, 2.75) is 52.0 Å². The molecule has 0 aliphatic carbocycles. The van der Waals surface area contributed by atoms with Crippen LogP contribution in [0.1, 0.15) is 46.5 Å². The second kappa shape index (κ2) is 9.06. The van der Waals surface area contributed by atoms with E-state index in [4.69, 9.17) is 5.26 Å². The first kappa shape index (κ1) is 14.8. The van der Waals surface area contributed by atoms with Gasteiger partial charge in [0, 0.05) is 5.75 Å². The van der Waals surface area contributed by atoms with Crippen molar-refractivity contribution in [3.8, 4) is 6.07 Å². The molecular formula is C12H24N2S. The molecule has 0 spiro atoms. The van der Waals surface area contributed by atoms with Crippen LogP contribution in [0.25, 0.3) is 0 Å². The molecule has 0 bridgehead atoms. The van der Waals surface area contributed by atoms with E-state index in [9.17, 15) is 0 Å². The van der Waals surface area contributed by atoms with Crippen molar-refractivity contribution in [3.05, 3.63) is 0 Å². The summed E-state index contributed by atoms with van der Waals surface area (Å²) in [5.74, 6) is 2.08. The standard InChI is InChI=1S/C12H24N2S/c1-4-6-7-9-15-11-12(3,10-13)14-8-5-2/h14H,4-9,11H2,1-3H3. The number of nitrogens with one attached hydrogen (secondary N) is 1. The molecule has 0 rings (SSSR count). The maximum atomic E-state index is 9.09. The predicted octanol–water partition coefficient (Wildman–Crippen LogP) is 3.19. The first-order valence-electron chi connectivity index (χ1n) is 5.92. The van der Waals surface area contributed by atoms with Crippen molar-refractivity contribution in [1.82, 2.24) is 5.32 Å². The van der Waals surface area contributed by atoms with Crippen LogP contribution < -0.4 is 5.32 Å². The van der Waals surface area contributed by atoms with Crippen molar-refractivity contribution in [2.24, 2.45) is 0 Å². The average molecular weight is 228 g/mol. The van der Waals surface area contributed by atoms with Crippen LogP contribution in [0, 0.1) is 11.3 Å². The van der Waals surface area contributed by atoms with Crippen molar-refractivity contribution in [2.75, 3.05) is 18.1 Å². The molecule has 1 atom stereocenters. The Morgan fingerprint density at radius 3 is 2.53 bits per heavy atom. The van der Waals surface area contributed by atoms with Crippen molar-refractivity contribution >= 4 is 11.8 Å². The van der Waals surface area contributed by atoms with Gasteiger partial charge in [-0.05, 0) is 32.1 Å². The average Bonchev–Trinajstić information content (AvgIpc) is 2.26. The summed E-state index contributed by atoms with van der Waals surface area (Å²) in [6.07, 6.45) is 4.93. The summed E-state index contributed by atoms with van der Waals surface area (Å²) in [5, 5.41) is 12.4. The molecule has 0 saturated heterocycles. The summed E-state index contributed by atoms with van der Waals surface area (Å²) in [5.41, 5.74) is -0.340. The number of hydrogen-bond donors (Lipinski definition) is 1. The van der Waals surface area contributed by atoms with Gasteiger partial charge < -0.3 is 0 Å². The van der Waals surface area contributed by atoms with Crippen LogP contribution in [-0.4, -0.2) is 23.6 Å². The van der Waals surface area contributed by atoms with Crippen LogP contribution in [0.3, 0.4) is 0 Å². The lowest BCUT2D eigenvalue weighted by Crippen LogP contribution is -2.43. The van der Waals surface area contributed by atoms with Gasteiger partial charge >= 0.3 is 0 Å². The fraction of sp³-hybridized carbons (Fsp3) is 0.917. The Morgan fingerprint density at radius 2 is 2.00 bits per heavy atom. The van der Waals surface area contributed by atoms with E-state index in [0.29, 0.717) is 0 Å². The van der Waals surface area contributed by atoms with Crippen molar-refractivity contribution in [3.63, 3.8) is 0 Å². The maximum Gasteiger partial charge on any atom is 0.113 e. The van der Waals surface area contributed by atoms with Gasteiger partial charge in [-0.15, -0.1) is 0 Å². The van der Waals surface area contributed by atoms with Gasteiger partial charge in [0.25, 0.3) is 0 Å². The quantitative estimate of drug-likeness (QED) is 0.616. The summed E-state index contributed by atoms with van der Waals surface area (Å²) in [6, 6.07) is 2.37.